The fraction of sp³-hybridized carbons (Fsp3) is 0.211. The van der Waals surface area contributed by atoms with E-state index in [0.717, 1.165) is 11.1 Å². The van der Waals surface area contributed by atoms with Gasteiger partial charge in [-0.1, -0.05) is 0 Å². The summed E-state index contributed by atoms with van der Waals surface area (Å²) in [6, 6.07) is 8.35. The second-order valence-corrected chi connectivity index (χ2v) is 6.39. The van der Waals surface area contributed by atoms with Gasteiger partial charge in [0.2, 0.25) is 0 Å². The lowest BCUT2D eigenvalue weighted by Crippen LogP contribution is -2.06. The number of nitrogens with zero attached hydrogens (tertiary/aromatic N) is 1. The fourth-order valence-corrected chi connectivity index (χ4v) is 2.67. The number of nitrogen functional groups attached to an aromatic ring is 2. The highest BCUT2D eigenvalue weighted by Gasteiger charge is 2.13. The van der Waals surface area contributed by atoms with Gasteiger partial charge in [0.1, 0.15) is 6.07 Å². The van der Waals surface area contributed by atoms with Gasteiger partial charge in [0.15, 0.2) is 0 Å². The molecule has 0 spiro atoms. The molecule has 8 heteroatoms. The predicted octanol–water partition coefficient (Wildman–Crippen LogP) is 3.36. The molecule has 0 radical (unpaired) electrons. The van der Waals surface area contributed by atoms with E-state index in [2.05, 4.69) is 25.4 Å². The van der Waals surface area contributed by atoms with Crippen molar-refractivity contribution >= 4 is 39.2 Å². The minimum atomic E-state index is -0.548. The second-order valence-electron chi connectivity index (χ2n) is 5.54. The number of aryl methyl sites for hydroxylation is 2. The van der Waals surface area contributed by atoms with Crippen LogP contribution < -0.4 is 11.5 Å². The molecule has 2 rings (SSSR count). The van der Waals surface area contributed by atoms with E-state index in [9.17, 15) is 9.59 Å². The topological polar surface area (TPSA) is 128 Å². The van der Waals surface area contributed by atoms with E-state index in [1.807, 2.05) is 13.0 Å². The molecule has 0 fully saturated rings. The van der Waals surface area contributed by atoms with Crippen molar-refractivity contribution in [3.8, 4) is 6.07 Å². The molecule has 0 saturated carbocycles. The average Bonchev–Trinajstić information content (AvgIpc) is 2.65. The Morgan fingerprint density at radius 3 is 1.85 bits per heavy atom. The summed E-state index contributed by atoms with van der Waals surface area (Å²) in [5.74, 6) is -0.938. The lowest BCUT2D eigenvalue weighted by molar-refractivity contribution is 0.0591. The summed E-state index contributed by atoms with van der Waals surface area (Å²) in [4.78, 5) is 22.4. The third-order valence-electron chi connectivity index (χ3n) is 3.69. The molecule has 0 atom stereocenters. The van der Waals surface area contributed by atoms with Gasteiger partial charge in [0, 0.05) is 15.8 Å². The molecular formula is C19H20BrN3O4. The van der Waals surface area contributed by atoms with E-state index in [1.165, 1.54) is 20.3 Å². The Balaban J connectivity index is 0.000000271. The van der Waals surface area contributed by atoms with Gasteiger partial charge in [-0.15, -0.1) is 0 Å². The number of ether oxygens (including phenoxy) is 2. The van der Waals surface area contributed by atoms with Crippen LogP contribution in [0.25, 0.3) is 0 Å². The Bertz CT molecular complexity index is 920. The van der Waals surface area contributed by atoms with Gasteiger partial charge < -0.3 is 20.9 Å². The predicted molar refractivity (Wildman–Crippen MR) is 106 cm³/mol. The van der Waals surface area contributed by atoms with Crippen LogP contribution in [-0.2, 0) is 9.47 Å². The molecule has 0 aromatic heterocycles. The molecule has 2 aromatic carbocycles. The largest absolute Gasteiger partial charge is 0.465 e. The van der Waals surface area contributed by atoms with Crippen molar-refractivity contribution in [1.29, 1.82) is 5.26 Å². The minimum Gasteiger partial charge on any atom is -0.465 e. The van der Waals surface area contributed by atoms with Crippen LogP contribution >= 0.6 is 15.9 Å². The van der Waals surface area contributed by atoms with E-state index in [4.69, 9.17) is 16.7 Å². The number of methoxy groups -OCH3 is 2. The van der Waals surface area contributed by atoms with Crippen LogP contribution in [0.2, 0.25) is 0 Å². The summed E-state index contributed by atoms with van der Waals surface area (Å²) in [5.41, 5.74) is 15.0. The molecule has 4 N–H and O–H groups in total. The maximum atomic E-state index is 11.2. The van der Waals surface area contributed by atoms with Crippen molar-refractivity contribution in [1.82, 2.24) is 0 Å². The van der Waals surface area contributed by atoms with Gasteiger partial charge in [-0.05, 0) is 65.2 Å². The molecule has 0 saturated heterocycles. The highest BCUT2D eigenvalue weighted by atomic mass is 79.9. The summed E-state index contributed by atoms with van der Waals surface area (Å²) < 4.78 is 9.82. The van der Waals surface area contributed by atoms with Gasteiger partial charge >= 0.3 is 11.9 Å². The molecular weight excluding hydrogens is 414 g/mol. The molecule has 0 aliphatic heterocycles. The Hall–Kier alpha value is -3.05. The zero-order valence-corrected chi connectivity index (χ0v) is 17.0. The molecule has 27 heavy (non-hydrogen) atoms. The summed E-state index contributed by atoms with van der Waals surface area (Å²) in [6.07, 6.45) is 0. The SMILES string of the molecule is COC(=O)c1cc(N)c(C)cc1Br.COC(=O)c1cc(N)c(C)cc1C#N. The zero-order valence-electron chi connectivity index (χ0n) is 15.4. The number of esters is 2. The molecule has 0 aliphatic rings. The van der Waals surface area contributed by atoms with Gasteiger partial charge in [0.05, 0.1) is 30.9 Å². The number of rotatable bonds is 2. The lowest BCUT2D eigenvalue weighted by atomic mass is 10.0. The van der Waals surface area contributed by atoms with E-state index < -0.39 is 11.9 Å². The summed E-state index contributed by atoms with van der Waals surface area (Å²) >= 11 is 3.27. The van der Waals surface area contributed by atoms with Crippen molar-refractivity contribution in [2.45, 2.75) is 13.8 Å². The number of nitriles is 1. The normalized spacial score (nSPS) is 9.48. The van der Waals surface area contributed by atoms with Crippen LogP contribution in [0.5, 0.6) is 0 Å². The van der Waals surface area contributed by atoms with Crippen LogP contribution in [0.3, 0.4) is 0 Å². The number of nitrogens with two attached hydrogens (primary N) is 2. The number of anilines is 2. The molecule has 2 aromatic rings. The van der Waals surface area contributed by atoms with Gasteiger partial charge in [-0.3, -0.25) is 0 Å². The Labute approximate surface area is 166 Å². The van der Waals surface area contributed by atoms with Crippen molar-refractivity contribution in [2.75, 3.05) is 25.7 Å². The number of hydrogen-bond acceptors (Lipinski definition) is 7. The molecule has 0 aliphatic carbocycles. The quantitative estimate of drug-likeness (QED) is 0.548. The summed E-state index contributed by atoms with van der Waals surface area (Å²) in [7, 11) is 2.60. The first-order valence-electron chi connectivity index (χ1n) is 7.68. The third kappa shape index (κ3) is 5.46. The van der Waals surface area contributed by atoms with Crippen LogP contribution in [0.15, 0.2) is 28.7 Å². The highest BCUT2D eigenvalue weighted by molar-refractivity contribution is 9.10. The molecule has 7 nitrogen and oxygen atoms in total. The number of hydrogen-bond donors (Lipinski definition) is 2. The monoisotopic (exact) mass is 433 g/mol. The van der Waals surface area contributed by atoms with Crippen molar-refractivity contribution < 1.29 is 19.1 Å². The highest BCUT2D eigenvalue weighted by Crippen LogP contribution is 2.23. The zero-order chi connectivity index (χ0) is 20.7. The molecule has 0 heterocycles. The van der Waals surface area contributed by atoms with Gasteiger partial charge in [-0.2, -0.15) is 5.26 Å². The minimum absolute atomic E-state index is 0.207. The van der Waals surface area contributed by atoms with E-state index in [0.29, 0.717) is 21.4 Å². The first-order valence-corrected chi connectivity index (χ1v) is 8.48. The van der Waals surface area contributed by atoms with Crippen molar-refractivity contribution in [3.63, 3.8) is 0 Å². The number of halogens is 1. The first kappa shape index (κ1) is 22.0. The van der Waals surface area contributed by atoms with Crippen LogP contribution in [0, 0.1) is 25.2 Å². The maximum Gasteiger partial charge on any atom is 0.339 e. The smallest absolute Gasteiger partial charge is 0.339 e. The Kier molecular flexibility index (Phi) is 7.81. The summed E-state index contributed by atoms with van der Waals surface area (Å²) in [5, 5.41) is 8.78. The Morgan fingerprint density at radius 1 is 0.926 bits per heavy atom. The maximum absolute atomic E-state index is 11.2. The van der Waals surface area contributed by atoms with Crippen molar-refractivity contribution in [2.24, 2.45) is 0 Å². The Morgan fingerprint density at radius 2 is 1.37 bits per heavy atom. The number of benzene rings is 2. The van der Waals surface area contributed by atoms with E-state index >= 15 is 0 Å². The van der Waals surface area contributed by atoms with Crippen LogP contribution in [-0.4, -0.2) is 26.2 Å². The lowest BCUT2D eigenvalue weighted by Gasteiger charge is -2.05. The number of carbonyl (C=O) groups is 2. The van der Waals surface area contributed by atoms with E-state index in [1.54, 1.807) is 25.1 Å². The number of carbonyl (C=O) groups excluding carboxylic acids is 2. The third-order valence-corrected chi connectivity index (χ3v) is 4.35. The molecule has 0 amide bonds. The van der Waals surface area contributed by atoms with Gasteiger partial charge in [0.25, 0.3) is 0 Å². The van der Waals surface area contributed by atoms with Crippen LogP contribution in [0.1, 0.15) is 37.4 Å². The summed E-state index contributed by atoms with van der Waals surface area (Å²) in [6.45, 7) is 3.65. The molecule has 142 valence electrons. The first-order chi connectivity index (χ1) is 12.7. The van der Waals surface area contributed by atoms with Crippen molar-refractivity contribution in [3.05, 3.63) is 56.6 Å². The molecule has 0 unspecified atom stereocenters. The second kappa shape index (κ2) is 9.59. The van der Waals surface area contributed by atoms with Gasteiger partial charge in [-0.25, -0.2) is 9.59 Å². The average molecular weight is 434 g/mol. The van der Waals surface area contributed by atoms with Crippen LogP contribution in [0.4, 0.5) is 11.4 Å². The molecule has 0 bridgehead atoms. The standard InChI is InChI=1S/C10H10N2O2.C9H10BrNO2/c1-6-3-7(5-11)8(4-9(6)12)10(13)14-2;1-5-3-7(10)6(4-8(5)11)9(12)13-2/h3-4H,12H2,1-2H3;3-4H,11H2,1-2H3. The fourth-order valence-electron chi connectivity index (χ4n) is 2.05. The van der Waals surface area contributed by atoms with E-state index in [-0.39, 0.29) is 11.1 Å².